The number of thioether (sulfide) groups is 1. The van der Waals surface area contributed by atoms with E-state index < -0.39 is 28.7 Å². The van der Waals surface area contributed by atoms with Gasteiger partial charge in [-0.3, -0.25) is 14.4 Å². The second-order valence-corrected chi connectivity index (χ2v) is 15.8. The van der Waals surface area contributed by atoms with Crippen LogP contribution in [0.1, 0.15) is 44.1 Å². The summed E-state index contributed by atoms with van der Waals surface area (Å²) in [4.78, 5) is 50.1. The molecule has 1 saturated carbocycles. The number of halogens is 1. The van der Waals surface area contributed by atoms with Gasteiger partial charge in [-0.05, 0) is 43.4 Å². The Balaban J connectivity index is 1.44. The molecule has 3 saturated heterocycles. The molecule has 3 amide bonds. The van der Waals surface area contributed by atoms with Crippen LogP contribution in [-0.4, -0.2) is 85.3 Å². The zero-order valence-corrected chi connectivity index (χ0v) is 28.7. The minimum absolute atomic E-state index is 0.0451. The predicted octanol–water partition coefficient (Wildman–Crippen LogP) is 5.62. The Hall–Kier alpha value is -2.88. The molecule has 6 rings (SSSR count). The zero-order valence-electron chi connectivity index (χ0n) is 26.3. The number of benzene rings is 2. The number of fused-ring (bicyclic) bond motifs is 1. The summed E-state index contributed by atoms with van der Waals surface area (Å²) in [5.74, 6) is -1.72. The summed E-state index contributed by atoms with van der Waals surface area (Å²) in [5.41, 5.74) is 1.73. The van der Waals surface area contributed by atoms with E-state index in [2.05, 4.69) is 29.1 Å². The Morgan fingerprint density at radius 1 is 1.00 bits per heavy atom. The molecule has 4 aliphatic rings. The number of carbonyl (C=O) groups excluding carboxylic acids is 3. The molecule has 7 atom stereocenters. The normalized spacial score (nSPS) is 29.3. The van der Waals surface area contributed by atoms with Crippen molar-refractivity contribution in [3.05, 3.63) is 91.5 Å². The number of nitrogens with zero attached hydrogens (tertiary/aromatic N) is 3. The van der Waals surface area contributed by atoms with Crippen LogP contribution in [0.2, 0.25) is 0 Å². The quantitative estimate of drug-likeness (QED) is 0.229. The average molecular weight is 707 g/mol. The predicted molar refractivity (Wildman–Crippen MR) is 188 cm³/mol. The Labute approximate surface area is 285 Å². The van der Waals surface area contributed by atoms with Crippen molar-refractivity contribution < 1.29 is 19.5 Å². The molecule has 244 valence electrons. The molecule has 2 bridgehead atoms. The van der Waals surface area contributed by atoms with Crippen LogP contribution >= 0.6 is 27.7 Å². The molecule has 2 aromatic rings. The van der Waals surface area contributed by atoms with Gasteiger partial charge in [-0.15, -0.1) is 24.9 Å². The van der Waals surface area contributed by atoms with Gasteiger partial charge in [-0.1, -0.05) is 95.9 Å². The summed E-state index contributed by atoms with van der Waals surface area (Å²) in [6.07, 6.45) is 9.64. The van der Waals surface area contributed by atoms with Crippen LogP contribution < -0.4 is 4.90 Å². The maximum Gasteiger partial charge on any atom is 0.247 e. The summed E-state index contributed by atoms with van der Waals surface area (Å²) in [6.45, 7) is 8.33. The first kappa shape index (κ1) is 33.0. The first-order chi connectivity index (χ1) is 22.4. The fourth-order valence-electron chi connectivity index (χ4n) is 8.51. The van der Waals surface area contributed by atoms with E-state index in [9.17, 15) is 14.7 Å². The minimum atomic E-state index is -0.804. The Morgan fingerprint density at radius 2 is 1.65 bits per heavy atom. The average Bonchev–Trinajstić information content (AvgIpc) is 3.68. The lowest BCUT2D eigenvalue weighted by Gasteiger charge is -2.43. The number of alkyl halides is 1. The van der Waals surface area contributed by atoms with Gasteiger partial charge in [0.2, 0.25) is 17.7 Å². The van der Waals surface area contributed by atoms with Crippen molar-refractivity contribution in [2.24, 2.45) is 11.8 Å². The number of carbonyl (C=O) groups is 3. The van der Waals surface area contributed by atoms with Crippen molar-refractivity contribution in [2.45, 2.75) is 77.9 Å². The highest BCUT2D eigenvalue weighted by molar-refractivity contribution is 9.09. The summed E-state index contributed by atoms with van der Waals surface area (Å²) >= 11 is 5.56. The molecule has 46 heavy (non-hydrogen) atoms. The molecule has 1 spiro atoms. The second-order valence-electron chi connectivity index (χ2n) is 13.1. The maximum absolute atomic E-state index is 15.1. The number of hydrogen-bond acceptors (Lipinski definition) is 5. The molecule has 0 radical (unpaired) electrons. The number of hydrogen-bond donors (Lipinski definition) is 1. The highest BCUT2D eigenvalue weighted by Crippen LogP contribution is 2.68. The van der Waals surface area contributed by atoms with Crippen LogP contribution in [0.4, 0.5) is 5.69 Å². The van der Waals surface area contributed by atoms with Crippen LogP contribution in [0.5, 0.6) is 0 Å². The van der Waals surface area contributed by atoms with Gasteiger partial charge < -0.3 is 19.8 Å². The highest BCUT2D eigenvalue weighted by atomic mass is 79.9. The van der Waals surface area contributed by atoms with Crippen molar-refractivity contribution in [1.29, 1.82) is 0 Å². The van der Waals surface area contributed by atoms with Gasteiger partial charge in [0.1, 0.15) is 6.04 Å². The Bertz CT molecular complexity index is 1440. The van der Waals surface area contributed by atoms with E-state index in [4.69, 9.17) is 0 Å². The van der Waals surface area contributed by atoms with Gasteiger partial charge in [0.15, 0.2) is 0 Å². The van der Waals surface area contributed by atoms with E-state index in [0.29, 0.717) is 25.9 Å². The van der Waals surface area contributed by atoms with Crippen molar-refractivity contribution in [3.8, 4) is 0 Å². The molecule has 3 unspecified atom stereocenters. The number of aliphatic hydroxyl groups is 1. The Morgan fingerprint density at radius 3 is 2.28 bits per heavy atom. The van der Waals surface area contributed by atoms with Gasteiger partial charge in [0.25, 0.3) is 0 Å². The van der Waals surface area contributed by atoms with Crippen molar-refractivity contribution in [3.63, 3.8) is 0 Å². The van der Waals surface area contributed by atoms with Crippen LogP contribution in [0.25, 0.3) is 0 Å². The molecular formula is C37H44BrN3O4S. The van der Waals surface area contributed by atoms with E-state index >= 15 is 4.79 Å². The molecule has 1 aliphatic carbocycles. The van der Waals surface area contributed by atoms with E-state index in [1.54, 1.807) is 33.7 Å². The van der Waals surface area contributed by atoms with Gasteiger partial charge in [-0.25, -0.2) is 0 Å². The maximum atomic E-state index is 15.1. The standard InChI is InChI=1S/C37H44BrN3O4S/c1-3-20-39(26-16-10-6-11-17-26)34(43)30-31-35(44)41(28(24-42)22-25-14-8-5-9-15-25)33(37(31)23-29(38)32(30)46-37)36(45)40(21-4-2)27-18-12-7-13-19-27/h3-6,8-11,14-17,27-33,42H,1-2,7,12-13,18-24H2/t28-,29?,30-,31+,32-,33?,37?/m1/s1. The van der Waals surface area contributed by atoms with Crippen LogP contribution in [-0.2, 0) is 20.8 Å². The van der Waals surface area contributed by atoms with Crippen molar-refractivity contribution in [2.75, 3.05) is 24.6 Å². The number of rotatable bonds is 12. The SMILES string of the molecule is C=CCN(C(=O)[C@H]1[C@@H]2SC3(CC2Br)C(C(=O)N(CC=C)C2CCCCC2)N([C@@H](CO)Cc2ccccc2)C(=O)[C@H]13)c1ccccc1. The zero-order chi connectivity index (χ0) is 32.4. The summed E-state index contributed by atoms with van der Waals surface area (Å²) < 4.78 is -0.804. The van der Waals surface area contributed by atoms with E-state index in [1.165, 1.54) is 0 Å². The number of aliphatic hydroxyl groups excluding tert-OH is 1. The van der Waals surface area contributed by atoms with Crippen LogP contribution in [0.3, 0.4) is 0 Å². The molecule has 1 N–H and O–H groups in total. The summed E-state index contributed by atoms with van der Waals surface area (Å²) in [7, 11) is 0. The highest BCUT2D eigenvalue weighted by Gasteiger charge is 2.76. The first-order valence-corrected chi connectivity index (χ1v) is 18.3. The molecule has 9 heteroatoms. The minimum Gasteiger partial charge on any atom is -0.394 e. The Kier molecular flexibility index (Phi) is 10.1. The number of amides is 3. The summed E-state index contributed by atoms with van der Waals surface area (Å²) in [5, 5.41) is 10.7. The van der Waals surface area contributed by atoms with Gasteiger partial charge in [0, 0.05) is 34.9 Å². The van der Waals surface area contributed by atoms with E-state index in [-0.39, 0.29) is 40.4 Å². The smallest absolute Gasteiger partial charge is 0.247 e. The number of likely N-dealkylation sites (tertiary alicyclic amines) is 1. The van der Waals surface area contributed by atoms with Crippen molar-refractivity contribution >= 4 is 51.1 Å². The molecule has 3 aliphatic heterocycles. The van der Waals surface area contributed by atoms with Crippen molar-refractivity contribution in [1.82, 2.24) is 9.80 Å². The first-order valence-electron chi connectivity index (χ1n) is 16.5. The lowest BCUT2D eigenvalue weighted by molar-refractivity contribution is -0.147. The van der Waals surface area contributed by atoms with Crippen LogP contribution in [0, 0.1) is 11.8 Å². The molecule has 7 nitrogen and oxygen atoms in total. The second kappa shape index (κ2) is 14.1. The number of anilines is 1. The molecular weight excluding hydrogens is 662 g/mol. The monoisotopic (exact) mass is 705 g/mol. The van der Waals surface area contributed by atoms with Gasteiger partial charge in [-0.2, -0.15) is 0 Å². The van der Waals surface area contributed by atoms with E-state index in [0.717, 1.165) is 43.4 Å². The van der Waals surface area contributed by atoms with Crippen LogP contribution in [0.15, 0.2) is 86.0 Å². The topological polar surface area (TPSA) is 81.2 Å². The van der Waals surface area contributed by atoms with Gasteiger partial charge in [0.05, 0.1) is 29.2 Å². The fraction of sp³-hybridized carbons (Fsp3) is 0.486. The third kappa shape index (κ3) is 5.77. The lowest BCUT2D eigenvalue weighted by Crippen LogP contribution is -2.60. The lowest BCUT2D eigenvalue weighted by atomic mass is 9.70. The summed E-state index contributed by atoms with van der Waals surface area (Å²) in [6, 6.07) is 18.0. The molecule has 2 aromatic carbocycles. The third-order valence-corrected chi connectivity index (χ3v) is 13.7. The third-order valence-electron chi connectivity index (χ3n) is 10.4. The van der Waals surface area contributed by atoms with E-state index in [1.807, 2.05) is 65.6 Å². The number of para-hydroxylation sites is 1. The molecule has 4 fully saturated rings. The fourth-order valence-corrected chi connectivity index (χ4v) is 12.1. The molecule has 3 heterocycles. The largest absolute Gasteiger partial charge is 0.394 e. The molecule has 0 aromatic heterocycles. The van der Waals surface area contributed by atoms with Gasteiger partial charge >= 0.3 is 0 Å².